The molecule has 2 N–H and O–H groups in total. The summed E-state index contributed by atoms with van der Waals surface area (Å²) >= 11 is 0. The van der Waals surface area contributed by atoms with Crippen LogP contribution in [0.15, 0.2) is 12.0 Å². The number of allylic oxidation sites excluding steroid dienone is 1. The average Bonchev–Trinajstić information content (AvgIpc) is 2.12. The fourth-order valence-electron chi connectivity index (χ4n) is 0.319. The van der Waals surface area contributed by atoms with Crippen LogP contribution in [-0.2, 0) is 9.30 Å². The Morgan fingerprint density at radius 2 is 2.25 bits per heavy atom. The van der Waals surface area contributed by atoms with Crippen molar-refractivity contribution in [2.24, 2.45) is 0 Å². The van der Waals surface area contributed by atoms with Crippen molar-refractivity contribution >= 4 is 7.60 Å². The van der Waals surface area contributed by atoms with E-state index in [1.165, 1.54) is 6.26 Å². The highest BCUT2D eigenvalue weighted by Gasteiger charge is 2.22. The maximum Gasteiger partial charge on any atom is 0.333 e. The van der Waals surface area contributed by atoms with Gasteiger partial charge in [0.15, 0.2) is 5.76 Å². The summed E-state index contributed by atoms with van der Waals surface area (Å²) in [5.74, 6) is 0.387. The molecule has 0 spiro atoms. The minimum absolute atomic E-state index is 0.257. The number of rotatable bonds is 2. The van der Waals surface area contributed by atoms with E-state index in [1.54, 1.807) is 0 Å². The van der Waals surface area contributed by atoms with Crippen molar-refractivity contribution in [2.75, 3.05) is 6.16 Å². The molecular formula is C3H5O4P. The molecule has 0 saturated carbocycles. The first kappa shape index (κ1) is 5.82. The average molecular weight is 136 g/mol. The smallest absolute Gasteiger partial charge is 0.333 e. The van der Waals surface area contributed by atoms with E-state index in [0.29, 0.717) is 5.76 Å². The maximum absolute atomic E-state index is 10.1. The van der Waals surface area contributed by atoms with E-state index in [4.69, 9.17) is 9.79 Å². The molecule has 0 radical (unpaired) electrons. The molecule has 1 heterocycles. The Labute approximate surface area is 45.9 Å². The summed E-state index contributed by atoms with van der Waals surface area (Å²) < 4.78 is 14.4. The van der Waals surface area contributed by atoms with E-state index < -0.39 is 7.60 Å². The third-order valence-electron chi connectivity index (χ3n) is 0.646. The highest BCUT2D eigenvalue weighted by atomic mass is 31.2. The molecule has 0 saturated heterocycles. The highest BCUT2D eigenvalue weighted by Crippen LogP contribution is 2.39. The van der Waals surface area contributed by atoms with Crippen LogP contribution in [0.4, 0.5) is 0 Å². The molecule has 8 heavy (non-hydrogen) atoms. The van der Waals surface area contributed by atoms with Gasteiger partial charge in [0.2, 0.25) is 0 Å². The van der Waals surface area contributed by atoms with Crippen LogP contribution in [0.5, 0.6) is 0 Å². The minimum atomic E-state index is -3.85. The topological polar surface area (TPSA) is 70.1 Å². The van der Waals surface area contributed by atoms with Crippen molar-refractivity contribution < 1.29 is 19.1 Å². The normalized spacial score (nSPS) is 17.0. The Morgan fingerprint density at radius 1 is 1.75 bits per heavy atom. The summed E-state index contributed by atoms with van der Waals surface area (Å²) in [7, 11) is -3.85. The molecule has 0 amide bonds. The summed E-state index contributed by atoms with van der Waals surface area (Å²) in [6.07, 6.45) is 1.06. The molecule has 0 aromatic rings. The third-order valence-corrected chi connectivity index (χ3v) is 1.37. The SMILES string of the molecule is O=P(O)(O)CC1=CO1. The first-order valence-corrected chi connectivity index (χ1v) is 3.78. The van der Waals surface area contributed by atoms with Crippen LogP contribution < -0.4 is 0 Å². The zero-order valence-electron chi connectivity index (χ0n) is 3.94. The van der Waals surface area contributed by atoms with Gasteiger partial charge < -0.3 is 14.5 Å². The summed E-state index contributed by atoms with van der Waals surface area (Å²) in [6.45, 7) is 0. The van der Waals surface area contributed by atoms with Gasteiger partial charge in [0.05, 0.1) is 0 Å². The molecule has 1 aliphatic heterocycles. The first-order valence-electron chi connectivity index (χ1n) is 1.98. The Balaban J connectivity index is 2.38. The summed E-state index contributed by atoms with van der Waals surface area (Å²) in [5.41, 5.74) is 0. The summed E-state index contributed by atoms with van der Waals surface area (Å²) in [5, 5.41) is 0. The second-order valence-electron chi connectivity index (χ2n) is 1.52. The lowest BCUT2D eigenvalue weighted by Crippen LogP contribution is -1.83. The second-order valence-corrected chi connectivity index (χ2v) is 3.17. The molecule has 46 valence electrons. The molecule has 1 aliphatic rings. The van der Waals surface area contributed by atoms with Gasteiger partial charge in [-0.2, -0.15) is 0 Å². The molecule has 5 heteroatoms. The predicted molar refractivity (Wildman–Crippen MR) is 26.1 cm³/mol. The van der Waals surface area contributed by atoms with Crippen LogP contribution in [-0.4, -0.2) is 15.9 Å². The largest absolute Gasteiger partial charge is 0.462 e. The van der Waals surface area contributed by atoms with Gasteiger partial charge in [-0.05, 0) is 0 Å². The molecule has 0 bridgehead atoms. The lowest BCUT2D eigenvalue weighted by molar-refractivity contribution is 0.371. The molecule has 0 atom stereocenters. The predicted octanol–water partition coefficient (Wildman–Crippen LogP) is 0.0357. The van der Waals surface area contributed by atoms with Crippen LogP contribution in [0, 0.1) is 0 Å². The maximum atomic E-state index is 10.1. The molecule has 0 fully saturated rings. The summed E-state index contributed by atoms with van der Waals surface area (Å²) in [4.78, 5) is 16.4. The van der Waals surface area contributed by atoms with E-state index in [0.717, 1.165) is 0 Å². The fourth-order valence-corrected chi connectivity index (χ4v) is 0.874. The van der Waals surface area contributed by atoms with Crippen LogP contribution in [0.1, 0.15) is 0 Å². The van der Waals surface area contributed by atoms with E-state index in [9.17, 15) is 4.57 Å². The van der Waals surface area contributed by atoms with Gasteiger partial charge in [0, 0.05) is 0 Å². The van der Waals surface area contributed by atoms with E-state index >= 15 is 0 Å². The van der Waals surface area contributed by atoms with Gasteiger partial charge in [0.25, 0.3) is 0 Å². The fraction of sp³-hybridized carbons (Fsp3) is 0.333. The van der Waals surface area contributed by atoms with Crippen molar-refractivity contribution in [1.29, 1.82) is 0 Å². The second kappa shape index (κ2) is 1.58. The van der Waals surface area contributed by atoms with Crippen LogP contribution in [0.2, 0.25) is 0 Å². The molecule has 0 aliphatic carbocycles. The lowest BCUT2D eigenvalue weighted by atomic mass is 10.7. The number of ether oxygens (including phenoxy) is 1. The van der Waals surface area contributed by atoms with Gasteiger partial charge >= 0.3 is 7.60 Å². The molecular weight excluding hydrogens is 131 g/mol. The van der Waals surface area contributed by atoms with E-state index in [1.807, 2.05) is 0 Å². The van der Waals surface area contributed by atoms with Crippen molar-refractivity contribution in [1.82, 2.24) is 0 Å². The molecule has 0 unspecified atom stereocenters. The van der Waals surface area contributed by atoms with Gasteiger partial charge in [-0.25, -0.2) is 0 Å². The van der Waals surface area contributed by atoms with Crippen LogP contribution >= 0.6 is 7.60 Å². The van der Waals surface area contributed by atoms with Gasteiger partial charge in [-0.3, -0.25) is 4.57 Å². The lowest BCUT2D eigenvalue weighted by Gasteiger charge is -1.94. The Hall–Kier alpha value is -0.310. The Bertz CT molecular complexity index is 166. The number of hydrogen-bond donors (Lipinski definition) is 2. The quantitative estimate of drug-likeness (QED) is 0.525. The Kier molecular flexibility index (Phi) is 1.15. The highest BCUT2D eigenvalue weighted by molar-refractivity contribution is 7.52. The van der Waals surface area contributed by atoms with E-state index in [2.05, 4.69) is 4.74 Å². The van der Waals surface area contributed by atoms with Crippen molar-refractivity contribution in [3.05, 3.63) is 12.0 Å². The van der Waals surface area contributed by atoms with Gasteiger partial charge in [-0.1, -0.05) is 0 Å². The van der Waals surface area contributed by atoms with Crippen molar-refractivity contribution in [2.45, 2.75) is 0 Å². The van der Waals surface area contributed by atoms with Crippen LogP contribution in [0.3, 0.4) is 0 Å². The van der Waals surface area contributed by atoms with Crippen molar-refractivity contribution in [3.63, 3.8) is 0 Å². The monoisotopic (exact) mass is 136 g/mol. The van der Waals surface area contributed by atoms with Gasteiger partial charge in [0.1, 0.15) is 12.4 Å². The molecule has 0 aromatic carbocycles. The third kappa shape index (κ3) is 2.12. The van der Waals surface area contributed by atoms with Crippen LogP contribution in [0.25, 0.3) is 0 Å². The molecule has 1 rings (SSSR count). The van der Waals surface area contributed by atoms with Gasteiger partial charge in [-0.15, -0.1) is 0 Å². The molecule has 0 aromatic heterocycles. The first-order chi connectivity index (χ1) is 3.58. The zero-order valence-corrected chi connectivity index (χ0v) is 4.84. The zero-order chi connectivity index (χ0) is 6.20. The summed E-state index contributed by atoms with van der Waals surface area (Å²) in [6, 6.07) is 0. The number of hydrogen-bond acceptors (Lipinski definition) is 2. The standard InChI is InChI=1S/C3H5O4P/c4-8(5,6)2-3-1-7-3/h1H,2H2,(H2,4,5,6). The minimum Gasteiger partial charge on any atom is -0.462 e. The van der Waals surface area contributed by atoms with E-state index in [-0.39, 0.29) is 6.16 Å². The molecule has 4 nitrogen and oxygen atoms in total. The van der Waals surface area contributed by atoms with Crippen molar-refractivity contribution in [3.8, 4) is 0 Å². The Morgan fingerprint density at radius 3 is 2.38 bits per heavy atom.